The molecule has 2 aromatic heterocycles. The number of pyridine rings is 1. The van der Waals surface area contributed by atoms with Crippen molar-refractivity contribution in [1.29, 1.82) is 0 Å². The van der Waals surface area contributed by atoms with Crippen molar-refractivity contribution in [2.24, 2.45) is 0 Å². The van der Waals surface area contributed by atoms with Crippen LogP contribution in [0.2, 0.25) is 0 Å². The van der Waals surface area contributed by atoms with Gasteiger partial charge in [-0.3, -0.25) is 4.98 Å². The Morgan fingerprint density at radius 3 is 1.89 bits per heavy atom. The van der Waals surface area contributed by atoms with Crippen molar-refractivity contribution in [3.8, 4) is 22.4 Å². The monoisotopic (exact) mass is 642 g/mol. The molecule has 6 nitrogen and oxygen atoms in total. The Morgan fingerprint density at radius 2 is 1.37 bits per heavy atom. The Morgan fingerprint density at radius 1 is 0.804 bits per heavy atom. The van der Waals surface area contributed by atoms with E-state index in [1.807, 2.05) is 45.0 Å². The number of sulfonamides is 1. The van der Waals surface area contributed by atoms with Crippen LogP contribution in [0.5, 0.6) is 0 Å². The minimum atomic E-state index is -3.48. The first-order valence-electron chi connectivity index (χ1n) is 15.7. The van der Waals surface area contributed by atoms with Gasteiger partial charge in [0.05, 0.1) is 23.2 Å². The number of fused-ring (bicyclic) bond motifs is 1. The summed E-state index contributed by atoms with van der Waals surface area (Å²) in [7, 11) is -2.05. The fourth-order valence-electron chi connectivity index (χ4n) is 5.72. The van der Waals surface area contributed by atoms with Gasteiger partial charge in [-0.05, 0) is 90.8 Å². The van der Waals surface area contributed by atoms with E-state index < -0.39 is 10.0 Å². The Labute approximate surface area is 270 Å². The molecule has 0 atom stereocenters. The summed E-state index contributed by atoms with van der Waals surface area (Å²) in [6, 6.07) is 21.2. The van der Waals surface area contributed by atoms with Gasteiger partial charge >= 0.3 is 0 Å². The van der Waals surface area contributed by atoms with E-state index >= 15 is 0 Å². The Bertz CT molecular complexity index is 1960. The summed E-state index contributed by atoms with van der Waals surface area (Å²) < 4.78 is 51.3. The molecule has 0 saturated heterocycles. The number of halogens is 2. The second kappa shape index (κ2) is 13.6. The van der Waals surface area contributed by atoms with Crippen LogP contribution < -0.4 is 4.31 Å². The minimum absolute atomic E-state index is 0.105. The molecule has 0 amide bonds. The molecule has 1 fully saturated rings. The lowest BCUT2D eigenvalue weighted by molar-refractivity contribution is 0.599. The number of para-hydroxylation sites is 1. The number of hydrogen-bond donors (Lipinski definition) is 0. The fourth-order valence-corrected chi connectivity index (χ4v) is 6.10. The van der Waals surface area contributed by atoms with Gasteiger partial charge in [-0.1, -0.05) is 58.0 Å². The number of anilines is 1. The molecule has 0 bridgehead atoms. The molecule has 5 aromatic rings. The van der Waals surface area contributed by atoms with Gasteiger partial charge in [0.2, 0.25) is 16.0 Å². The molecule has 3 aromatic carbocycles. The van der Waals surface area contributed by atoms with E-state index in [2.05, 4.69) is 29.0 Å². The molecule has 0 spiro atoms. The van der Waals surface area contributed by atoms with Crippen LogP contribution in [0.15, 0.2) is 72.8 Å². The molecule has 0 unspecified atom stereocenters. The second-order valence-corrected chi connectivity index (χ2v) is 14.0. The van der Waals surface area contributed by atoms with E-state index in [9.17, 15) is 17.2 Å². The number of nitrogens with zero attached hydrogens (tertiary/aromatic N) is 4. The average Bonchev–Trinajstić information content (AvgIpc) is 3.89. The van der Waals surface area contributed by atoms with Crippen LogP contribution >= 0.6 is 0 Å². The lowest BCUT2D eigenvalue weighted by atomic mass is 9.91. The van der Waals surface area contributed by atoms with E-state index in [0.29, 0.717) is 18.0 Å². The highest BCUT2D eigenvalue weighted by molar-refractivity contribution is 7.92. The number of hydrogen-bond acceptors (Lipinski definition) is 5. The predicted octanol–water partition coefficient (Wildman–Crippen LogP) is 8.85. The van der Waals surface area contributed by atoms with E-state index in [1.165, 1.54) is 48.8 Å². The molecule has 46 heavy (non-hydrogen) atoms. The minimum Gasteiger partial charge on any atom is -0.252 e. The van der Waals surface area contributed by atoms with Gasteiger partial charge in [0, 0.05) is 35.2 Å². The third kappa shape index (κ3) is 7.09. The molecule has 1 aliphatic carbocycles. The van der Waals surface area contributed by atoms with Gasteiger partial charge in [0.1, 0.15) is 11.6 Å². The quantitative estimate of drug-likeness (QED) is 0.169. The van der Waals surface area contributed by atoms with Crippen LogP contribution in [0.4, 0.5) is 14.7 Å². The Kier molecular flexibility index (Phi) is 9.82. The van der Waals surface area contributed by atoms with Crippen LogP contribution in [0.3, 0.4) is 0 Å². The molecule has 1 aliphatic rings. The third-order valence-corrected chi connectivity index (χ3v) is 9.46. The largest absolute Gasteiger partial charge is 0.252 e. The summed E-state index contributed by atoms with van der Waals surface area (Å²) in [5, 5.41) is 1.16. The van der Waals surface area contributed by atoms with Gasteiger partial charge in [-0.25, -0.2) is 31.5 Å². The molecule has 9 heteroatoms. The first-order valence-corrected chi connectivity index (χ1v) is 17.6. The zero-order valence-corrected chi connectivity index (χ0v) is 28.0. The van der Waals surface area contributed by atoms with E-state index in [-0.39, 0.29) is 23.5 Å². The Hall–Kier alpha value is -4.24. The lowest BCUT2D eigenvalue weighted by Gasteiger charge is -2.21. The first kappa shape index (κ1) is 33.1. The summed E-state index contributed by atoms with van der Waals surface area (Å²) in [6.07, 6.45) is 5.23. The van der Waals surface area contributed by atoms with Crippen LogP contribution in [-0.4, -0.2) is 36.7 Å². The topological polar surface area (TPSA) is 76.1 Å². The van der Waals surface area contributed by atoms with Gasteiger partial charge < -0.3 is 0 Å². The standard InChI is InChI=1S/C20H18FN.C17H22FN3O2S/c1-2-16-19(13-9-11-15(21)12-10-13)17-5-3-4-6-18(17)22-20(16)14-7-8-14;1-6-14-15(11(2)3)19-17(21(4)24(5,22)23)20-16(14)12-7-9-13(18)10-8-12/h3-6,9-12,14H,2,7-8H2,1H3;7-11H,6H2,1-5H3. The van der Waals surface area contributed by atoms with Crippen molar-refractivity contribution in [2.75, 3.05) is 17.6 Å². The zero-order chi connectivity index (χ0) is 33.2. The molecule has 0 N–H and O–H groups in total. The predicted molar refractivity (Wildman–Crippen MR) is 183 cm³/mol. The molecule has 0 radical (unpaired) electrons. The van der Waals surface area contributed by atoms with Gasteiger partial charge in [-0.15, -0.1) is 0 Å². The van der Waals surface area contributed by atoms with E-state index in [4.69, 9.17) is 4.98 Å². The number of rotatable bonds is 8. The maximum atomic E-state index is 13.3. The summed E-state index contributed by atoms with van der Waals surface area (Å²) in [5.74, 6) is 0.316. The maximum Gasteiger partial charge on any atom is 0.239 e. The molecular formula is C37H40F2N4O2S. The van der Waals surface area contributed by atoms with E-state index in [1.54, 1.807) is 24.3 Å². The zero-order valence-electron chi connectivity index (χ0n) is 27.2. The normalized spacial score (nSPS) is 13.1. The average molecular weight is 643 g/mol. The molecular weight excluding hydrogens is 602 g/mol. The molecule has 240 valence electrons. The summed E-state index contributed by atoms with van der Waals surface area (Å²) in [5.41, 5.74) is 9.06. The van der Waals surface area contributed by atoms with Crippen molar-refractivity contribution in [2.45, 2.75) is 65.2 Å². The third-order valence-electron chi connectivity index (χ3n) is 8.30. The van der Waals surface area contributed by atoms with Crippen molar-refractivity contribution in [1.82, 2.24) is 15.0 Å². The summed E-state index contributed by atoms with van der Waals surface area (Å²) in [6.45, 7) is 8.18. The number of aromatic nitrogens is 3. The summed E-state index contributed by atoms with van der Waals surface area (Å²) >= 11 is 0. The van der Waals surface area contributed by atoms with Crippen molar-refractivity contribution >= 4 is 26.9 Å². The highest BCUT2D eigenvalue weighted by Crippen LogP contribution is 2.45. The van der Waals surface area contributed by atoms with Crippen LogP contribution in [0, 0.1) is 11.6 Å². The maximum absolute atomic E-state index is 13.3. The van der Waals surface area contributed by atoms with Gasteiger partial charge in [0.15, 0.2) is 0 Å². The lowest BCUT2D eigenvalue weighted by Crippen LogP contribution is -2.27. The van der Waals surface area contributed by atoms with Crippen molar-refractivity contribution < 1.29 is 17.2 Å². The Balaban J connectivity index is 0.000000182. The fraction of sp³-hybridized carbons (Fsp3) is 0.324. The molecule has 6 rings (SSSR count). The van der Waals surface area contributed by atoms with Gasteiger partial charge in [-0.2, -0.15) is 0 Å². The second-order valence-electron chi connectivity index (χ2n) is 12.0. The van der Waals surface area contributed by atoms with Crippen molar-refractivity contribution in [3.05, 3.63) is 107 Å². The van der Waals surface area contributed by atoms with Crippen molar-refractivity contribution in [3.63, 3.8) is 0 Å². The highest BCUT2D eigenvalue weighted by atomic mass is 32.2. The highest BCUT2D eigenvalue weighted by Gasteiger charge is 2.29. The molecule has 0 aliphatic heterocycles. The summed E-state index contributed by atoms with van der Waals surface area (Å²) in [4.78, 5) is 13.9. The molecule has 2 heterocycles. The SMILES string of the molecule is CCc1c(-c2ccc(F)cc2)nc(N(C)S(C)(=O)=O)nc1C(C)C.CCc1c(C2CC2)nc2ccccc2c1-c1ccc(F)cc1. The van der Waals surface area contributed by atoms with Gasteiger partial charge in [0.25, 0.3) is 0 Å². The first-order chi connectivity index (χ1) is 21.9. The van der Waals surface area contributed by atoms with E-state index in [0.717, 1.165) is 50.3 Å². The van der Waals surface area contributed by atoms with Crippen LogP contribution in [-0.2, 0) is 22.9 Å². The molecule has 1 saturated carbocycles. The number of benzene rings is 3. The van der Waals surface area contributed by atoms with Crippen LogP contribution in [0.25, 0.3) is 33.3 Å². The van der Waals surface area contributed by atoms with Crippen LogP contribution in [0.1, 0.15) is 74.9 Å². The smallest absolute Gasteiger partial charge is 0.239 e.